The molecule has 5 nitrogen and oxygen atoms in total. The van der Waals surface area contributed by atoms with E-state index in [4.69, 9.17) is 4.74 Å². The summed E-state index contributed by atoms with van der Waals surface area (Å²) in [7, 11) is 0. The summed E-state index contributed by atoms with van der Waals surface area (Å²) in [5.41, 5.74) is 0. The summed E-state index contributed by atoms with van der Waals surface area (Å²) < 4.78 is 4.78. The highest BCUT2D eigenvalue weighted by Crippen LogP contribution is 1.88. The van der Waals surface area contributed by atoms with Crippen molar-refractivity contribution in [2.24, 2.45) is 0 Å². The molecule has 1 aromatic rings. The van der Waals surface area contributed by atoms with Crippen LogP contribution in [0.2, 0.25) is 0 Å². The number of hydrogen-bond acceptors (Lipinski definition) is 5. The number of ether oxygens (including phenoxy) is 1. The summed E-state index contributed by atoms with van der Waals surface area (Å²) in [4.78, 5) is 19.0. The lowest BCUT2D eigenvalue weighted by Gasteiger charge is -2.03. The molecule has 0 atom stereocenters. The standard InChI is InChI=1S/C10H15N3O2/c1-2-15-10(14)4-7-11-8-9-12-5-3-6-13-9/h3,5-6,11H,2,4,7-8H2,1H3. The Hall–Kier alpha value is -1.49. The molecule has 0 fully saturated rings. The van der Waals surface area contributed by atoms with Gasteiger partial charge in [-0.15, -0.1) is 0 Å². The molecule has 0 aliphatic heterocycles. The molecule has 0 aliphatic carbocycles. The van der Waals surface area contributed by atoms with Gasteiger partial charge >= 0.3 is 5.97 Å². The van der Waals surface area contributed by atoms with E-state index in [9.17, 15) is 4.79 Å². The van der Waals surface area contributed by atoms with E-state index < -0.39 is 0 Å². The van der Waals surface area contributed by atoms with E-state index in [0.29, 0.717) is 26.1 Å². The van der Waals surface area contributed by atoms with Crippen LogP contribution in [0.15, 0.2) is 18.5 Å². The predicted molar refractivity (Wildman–Crippen MR) is 55.0 cm³/mol. The zero-order chi connectivity index (χ0) is 10.9. The third-order valence-corrected chi connectivity index (χ3v) is 1.71. The van der Waals surface area contributed by atoms with Crippen LogP contribution >= 0.6 is 0 Å². The van der Waals surface area contributed by atoms with Crippen molar-refractivity contribution in [3.63, 3.8) is 0 Å². The van der Waals surface area contributed by atoms with Crippen molar-refractivity contribution in [2.45, 2.75) is 19.9 Å². The van der Waals surface area contributed by atoms with E-state index in [1.807, 2.05) is 0 Å². The van der Waals surface area contributed by atoms with Crippen LogP contribution < -0.4 is 5.32 Å². The summed E-state index contributed by atoms with van der Waals surface area (Å²) in [5, 5.41) is 3.07. The number of hydrogen-bond donors (Lipinski definition) is 1. The number of carbonyl (C=O) groups excluding carboxylic acids is 1. The maximum Gasteiger partial charge on any atom is 0.307 e. The van der Waals surface area contributed by atoms with Crippen molar-refractivity contribution in [3.8, 4) is 0 Å². The van der Waals surface area contributed by atoms with Crippen molar-refractivity contribution >= 4 is 5.97 Å². The number of aromatic nitrogens is 2. The number of esters is 1. The molecule has 0 radical (unpaired) electrons. The normalized spacial score (nSPS) is 9.93. The molecule has 1 heterocycles. The molecule has 0 aliphatic rings. The van der Waals surface area contributed by atoms with Gasteiger partial charge in [0.05, 0.1) is 19.6 Å². The summed E-state index contributed by atoms with van der Waals surface area (Å²) in [5.74, 6) is 0.542. The smallest absolute Gasteiger partial charge is 0.307 e. The predicted octanol–water partition coefficient (Wildman–Crippen LogP) is 0.519. The first kappa shape index (κ1) is 11.6. The lowest BCUT2D eigenvalue weighted by molar-refractivity contribution is -0.142. The minimum atomic E-state index is -0.181. The van der Waals surface area contributed by atoms with Gasteiger partial charge in [-0.3, -0.25) is 4.79 Å². The monoisotopic (exact) mass is 209 g/mol. The second-order valence-electron chi connectivity index (χ2n) is 2.90. The Balaban J connectivity index is 2.10. The second-order valence-corrected chi connectivity index (χ2v) is 2.90. The average molecular weight is 209 g/mol. The first-order chi connectivity index (χ1) is 7.33. The van der Waals surface area contributed by atoms with Crippen molar-refractivity contribution in [3.05, 3.63) is 24.3 Å². The van der Waals surface area contributed by atoms with E-state index in [1.165, 1.54) is 0 Å². The Morgan fingerprint density at radius 1 is 1.47 bits per heavy atom. The van der Waals surface area contributed by atoms with Crippen molar-refractivity contribution in [1.82, 2.24) is 15.3 Å². The number of carbonyl (C=O) groups is 1. The fraction of sp³-hybridized carbons (Fsp3) is 0.500. The molecule has 1 rings (SSSR count). The van der Waals surface area contributed by atoms with Crippen LogP contribution in [0.5, 0.6) is 0 Å². The van der Waals surface area contributed by atoms with Gasteiger partial charge in [-0.2, -0.15) is 0 Å². The highest BCUT2D eigenvalue weighted by atomic mass is 16.5. The highest BCUT2D eigenvalue weighted by Gasteiger charge is 2.00. The topological polar surface area (TPSA) is 64.1 Å². The molecule has 0 amide bonds. The Morgan fingerprint density at radius 3 is 2.87 bits per heavy atom. The zero-order valence-electron chi connectivity index (χ0n) is 8.77. The van der Waals surface area contributed by atoms with E-state index in [2.05, 4.69) is 15.3 Å². The number of rotatable bonds is 6. The first-order valence-electron chi connectivity index (χ1n) is 4.95. The molecule has 0 spiro atoms. The minimum absolute atomic E-state index is 0.181. The Morgan fingerprint density at radius 2 is 2.20 bits per heavy atom. The van der Waals surface area contributed by atoms with E-state index >= 15 is 0 Å². The molecular weight excluding hydrogens is 194 g/mol. The lowest BCUT2D eigenvalue weighted by atomic mass is 10.4. The third kappa shape index (κ3) is 5.07. The second kappa shape index (κ2) is 6.89. The summed E-state index contributed by atoms with van der Waals surface area (Å²) in [6.45, 7) is 3.38. The molecule has 0 unspecified atom stereocenters. The molecule has 5 heteroatoms. The number of nitrogens with one attached hydrogen (secondary N) is 1. The van der Waals surface area contributed by atoms with Crippen LogP contribution in [0.4, 0.5) is 0 Å². The maximum absolute atomic E-state index is 11.0. The van der Waals surface area contributed by atoms with Gasteiger partial charge in [-0.1, -0.05) is 0 Å². The Kier molecular flexibility index (Phi) is 5.32. The quantitative estimate of drug-likeness (QED) is 0.546. The van der Waals surface area contributed by atoms with Crippen molar-refractivity contribution < 1.29 is 9.53 Å². The van der Waals surface area contributed by atoms with E-state index in [1.54, 1.807) is 25.4 Å². The lowest BCUT2D eigenvalue weighted by Crippen LogP contribution is -2.20. The molecule has 0 saturated heterocycles. The van der Waals surface area contributed by atoms with Gasteiger partial charge in [-0.05, 0) is 13.0 Å². The van der Waals surface area contributed by atoms with Crippen LogP contribution in [-0.2, 0) is 16.1 Å². The van der Waals surface area contributed by atoms with Gasteiger partial charge < -0.3 is 10.1 Å². The summed E-state index contributed by atoms with van der Waals surface area (Å²) >= 11 is 0. The average Bonchev–Trinajstić information content (AvgIpc) is 2.26. The van der Waals surface area contributed by atoms with Gasteiger partial charge in [-0.25, -0.2) is 9.97 Å². The van der Waals surface area contributed by atoms with Gasteiger partial charge in [0.2, 0.25) is 0 Å². The summed E-state index contributed by atoms with van der Waals surface area (Å²) in [6.07, 6.45) is 3.76. The molecule has 1 N–H and O–H groups in total. The number of nitrogens with zero attached hydrogens (tertiary/aromatic N) is 2. The Bertz CT molecular complexity index is 290. The maximum atomic E-state index is 11.0. The van der Waals surface area contributed by atoms with Crippen LogP contribution in [0.3, 0.4) is 0 Å². The molecule has 15 heavy (non-hydrogen) atoms. The van der Waals surface area contributed by atoms with E-state index in [0.717, 1.165) is 5.82 Å². The molecule has 1 aromatic heterocycles. The van der Waals surface area contributed by atoms with Crippen molar-refractivity contribution in [1.29, 1.82) is 0 Å². The van der Waals surface area contributed by atoms with Crippen LogP contribution in [-0.4, -0.2) is 29.1 Å². The van der Waals surface area contributed by atoms with E-state index in [-0.39, 0.29) is 5.97 Å². The largest absolute Gasteiger partial charge is 0.466 e. The fourth-order valence-electron chi connectivity index (χ4n) is 1.05. The zero-order valence-corrected chi connectivity index (χ0v) is 8.77. The molecular formula is C10H15N3O2. The highest BCUT2D eigenvalue weighted by molar-refractivity contribution is 5.69. The van der Waals surface area contributed by atoms with Gasteiger partial charge in [0, 0.05) is 18.9 Å². The van der Waals surface area contributed by atoms with Crippen LogP contribution in [0, 0.1) is 0 Å². The molecule has 0 saturated carbocycles. The van der Waals surface area contributed by atoms with Crippen LogP contribution in [0.25, 0.3) is 0 Å². The molecule has 82 valence electrons. The van der Waals surface area contributed by atoms with Gasteiger partial charge in [0.1, 0.15) is 5.82 Å². The molecule has 0 aromatic carbocycles. The summed E-state index contributed by atoms with van der Waals surface area (Å²) in [6, 6.07) is 1.77. The van der Waals surface area contributed by atoms with Crippen molar-refractivity contribution in [2.75, 3.05) is 13.2 Å². The van der Waals surface area contributed by atoms with Crippen LogP contribution in [0.1, 0.15) is 19.2 Å². The Labute approximate surface area is 88.9 Å². The fourth-order valence-corrected chi connectivity index (χ4v) is 1.05. The third-order valence-electron chi connectivity index (χ3n) is 1.71. The first-order valence-corrected chi connectivity index (χ1v) is 4.95. The van der Waals surface area contributed by atoms with Gasteiger partial charge in [0.25, 0.3) is 0 Å². The van der Waals surface area contributed by atoms with Gasteiger partial charge in [0.15, 0.2) is 0 Å². The molecule has 0 bridgehead atoms. The minimum Gasteiger partial charge on any atom is -0.466 e. The SMILES string of the molecule is CCOC(=O)CCNCc1ncccn1.